The lowest BCUT2D eigenvalue weighted by atomic mass is 9.94. The zero-order chi connectivity index (χ0) is 7.73. The second-order valence-corrected chi connectivity index (χ2v) is 4.41. The van der Waals surface area contributed by atoms with Gasteiger partial charge in [0.25, 0.3) is 0 Å². The number of quaternary nitrogens is 1. The molecule has 1 heteroatoms. The summed E-state index contributed by atoms with van der Waals surface area (Å²) in [7, 11) is 0. The number of fused-ring (bicyclic) bond motifs is 4. The lowest BCUT2D eigenvalue weighted by Crippen LogP contribution is -2.51. The molecule has 3 aliphatic rings. The molecule has 0 aromatic rings. The molecule has 11 heavy (non-hydrogen) atoms. The van der Waals surface area contributed by atoms with Crippen molar-refractivity contribution >= 4 is 0 Å². The molecule has 0 atom stereocenters. The molecule has 0 N–H and O–H groups in total. The fourth-order valence-electron chi connectivity index (χ4n) is 2.87. The molecular weight excluding hydrogens is 134 g/mol. The van der Waals surface area contributed by atoms with Crippen LogP contribution >= 0.6 is 0 Å². The third kappa shape index (κ3) is 1.31. The van der Waals surface area contributed by atoms with E-state index in [0.29, 0.717) is 0 Å². The summed E-state index contributed by atoms with van der Waals surface area (Å²) >= 11 is 0. The Morgan fingerprint density at radius 1 is 1.09 bits per heavy atom. The molecule has 3 saturated heterocycles. The summed E-state index contributed by atoms with van der Waals surface area (Å²) in [5.74, 6) is 1.11. The molecule has 0 saturated carbocycles. The second-order valence-electron chi connectivity index (χ2n) is 4.41. The quantitative estimate of drug-likeness (QED) is 0.507. The molecule has 3 heterocycles. The minimum atomic E-state index is 1.11. The molecule has 3 rings (SSSR count). The van der Waals surface area contributed by atoms with Gasteiger partial charge in [0.05, 0.1) is 26.2 Å². The van der Waals surface area contributed by atoms with Crippen molar-refractivity contribution in [1.82, 2.24) is 0 Å². The summed E-state index contributed by atoms with van der Waals surface area (Å²) in [4.78, 5) is 0. The first-order chi connectivity index (χ1) is 5.35. The lowest BCUT2D eigenvalue weighted by molar-refractivity contribution is -0.929. The molecule has 0 spiro atoms. The fourth-order valence-corrected chi connectivity index (χ4v) is 2.87. The first-order valence-corrected chi connectivity index (χ1v) is 5.20. The first-order valence-electron chi connectivity index (χ1n) is 5.20. The van der Waals surface area contributed by atoms with E-state index in [4.69, 9.17) is 0 Å². The molecule has 0 aromatic heterocycles. The van der Waals surface area contributed by atoms with Gasteiger partial charge < -0.3 is 4.48 Å². The Morgan fingerprint density at radius 2 is 1.82 bits per heavy atom. The third-order valence-corrected chi connectivity index (χ3v) is 3.94. The minimum Gasteiger partial charge on any atom is -0.324 e. The predicted octanol–water partition coefficient (Wildman–Crippen LogP) is 2.03. The van der Waals surface area contributed by atoms with E-state index in [2.05, 4.69) is 6.92 Å². The highest BCUT2D eigenvalue weighted by Gasteiger charge is 2.35. The van der Waals surface area contributed by atoms with Crippen LogP contribution in [0.4, 0.5) is 0 Å². The summed E-state index contributed by atoms with van der Waals surface area (Å²) < 4.78 is 1.45. The molecule has 2 bridgehead atoms. The first kappa shape index (κ1) is 7.60. The van der Waals surface area contributed by atoms with E-state index >= 15 is 0 Å². The molecule has 0 aromatic carbocycles. The molecule has 64 valence electrons. The van der Waals surface area contributed by atoms with Crippen LogP contribution < -0.4 is 0 Å². The maximum atomic E-state index is 2.37. The average Bonchev–Trinajstić information content (AvgIpc) is 2.37. The zero-order valence-corrected chi connectivity index (χ0v) is 7.68. The molecule has 0 aliphatic carbocycles. The van der Waals surface area contributed by atoms with E-state index in [-0.39, 0.29) is 0 Å². The predicted molar refractivity (Wildman–Crippen MR) is 47.4 cm³/mol. The number of nitrogens with zero attached hydrogens (tertiary/aromatic N) is 1. The Bertz CT molecular complexity index is 128. The lowest BCUT2D eigenvalue weighted by Gasteiger charge is -2.40. The Balaban J connectivity index is 2.10. The second kappa shape index (κ2) is 2.78. The van der Waals surface area contributed by atoms with Crippen LogP contribution in [0.5, 0.6) is 0 Å². The SMILES string of the molecule is CC[N+]12CCCC(CC1)CC2. The van der Waals surface area contributed by atoms with Crippen LogP contribution in [0, 0.1) is 5.92 Å². The van der Waals surface area contributed by atoms with Gasteiger partial charge in [-0.1, -0.05) is 0 Å². The highest BCUT2D eigenvalue weighted by molar-refractivity contribution is 4.69. The molecule has 1 nitrogen and oxygen atoms in total. The molecule has 3 fully saturated rings. The fraction of sp³-hybridized carbons (Fsp3) is 1.00. The van der Waals surface area contributed by atoms with Gasteiger partial charge in [0.1, 0.15) is 0 Å². The van der Waals surface area contributed by atoms with Gasteiger partial charge in [-0.3, -0.25) is 0 Å². The molecule has 3 aliphatic heterocycles. The van der Waals surface area contributed by atoms with Crippen LogP contribution in [0.3, 0.4) is 0 Å². The summed E-state index contributed by atoms with van der Waals surface area (Å²) in [6.45, 7) is 8.20. The summed E-state index contributed by atoms with van der Waals surface area (Å²) in [6.07, 6.45) is 6.07. The number of piperidine rings is 1. The van der Waals surface area contributed by atoms with Crippen molar-refractivity contribution < 1.29 is 4.48 Å². The Labute approximate surface area is 70.0 Å². The van der Waals surface area contributed by atoms with E-state index in [1.807, 2.05) is 0 Å². The van der Waals surface area contributed by atoms with E-state index in [9.17, 15) is 0 Å². The van der Waals surface area contributed by atoms with Crippen LogP contribution in [-0.4, -0.2) is 30.7 Å². The Hall–Kier alpha value is -0.0400. The van der Waals surface area contributed by atoms with Gasteiger partial charge in [-0.2, -0.15) is 0 Å². The average molecular weight is 154 g/mol. The normalized spacial score (nSPS) is 43.9. The van der Waals surface area contributed by atoms with Crippen molar-refractivity contribution in [3.63, 3.8) is 0 Å². The zero-order valence-electron chi connectivity index (χ0n) is 7.68. The van der Waals surface area contributed by atoms with Gasteiger partial charge in [-0.05, 0) is 38.5 Å². The number of hydrogen-bond donors (Lipinski definition) is 0. The Morgan fingerprint density at radius 3 is 2.45 bits per heavy atom. The van der Waals surface area contributed by atoms with Gasteiger partial charge in [0.15, 0.2) is 0 Å². The summed E-state index contributed by atoms with van der Waals surface area (Å²) in [5.41, 5.74) is 0. The topological polar surface area (TPSA) is 0 Å². The van der Waals surface area contributed by atoms with Crippen molar-refractivity contribution in [2.75, 3.05) is 26.2 Å². The van der Waals surface area contributed by atoms with Gasteiger partial charge in [0.2, 0.25) is 0 Å². The maximum absolute atomic E-state index is 2.37. The van der Waals surface area contributed by atoms with Crippen molar-refractivity contribution in [3.05, 3.63) is 0 Å². The molecular formula is C10H20N+. The minimum absolute atomic E-state index is 1.11. The van der Waals surface area contributed by atoms with Crippen LogP contribution in [0.2, 0.25) is 0 Å². The molecule has 0 radical (unpaired) electrons. The number of rotatable bonds is 1. The largest absolute Gasteiger partial charge is 0.324 e. The number of hydrogen-bond acceptors (Lipinski definition) is 0. The third-order valence-electron chi connectivity index (χ3n) is 3.94. The van der Waals surface area contributed by atoms with E-state index in [1.165, 1.54) is 56.3 Å². The van der Waals surface area contributed by atoms with E-state index < -0.39 is 0 Å². The van der Waals surface area contributed by atoms with Crippen LogP contribution in [0.15, 0.2) is 0 Å². The summed E-state index contributed by atoms with van der Waals surface area (Å²) in [5, 5.41) is 0. The standard InChI is InChI=1S/C10H20N/c1-2-11-7-3-4-10(5-8-11)6-9-11/h10H,2-9H2,1H3/q+1. The highest BCUT2D eigenvalue weighted by atomic mass is 15.4. The van der Waals surface area contributed by atoms with Crippen LogP contribution in [0.25, 0.3) is 0 Å². The van der Waals surface area contributed by atoms with E-state index in [0.717, 1.165) is 5.92 Å². The van der Waals surface area contributed by atoms with Gasteiger partial charge in [-0.25, -0.2) is 0 Å². The molecule has 0 unspecified atom stereocenters. The van der Waals surface area contributed by atoms with Gasteiger partial charge >= 0.3 is 0 Å². The van der Waals surface area contributed by atoms with Crippen molar-refractivity contribution in [1.29, 1.82) is 0 Å². The highest BCUT2D eigenvalue weighted by Crippen LogP contribution is 2.31. The monoisotopic (exact) mass is 154 g/mol. The smallest absolute Gasteiger partial charge is 0.0789 e. The summed E-state index contributed by atoms with van der Waals surface area (Å²) in [6, 6.07) is 0. The Kier molecular flexibility index (Phi) is 1.92. The van der Waals surface area contributed by atoms with Crippen LogP contribution in [-0.2, 0) is 0 Å². The van der Waals surface area contributed by atoms with Gasteiger partial charge in [0, 0.05) is 0 Å². The molecule has 0 amide bonds. The van der Waals surface area contributed by atoms with Crippen molar-refractivity contribution in [2.24, 2.45) is 5.92 Å². The maximum Gasteiger partial charge on any atom is 0.0789 e. The van der Waals surface area contributed by atoms with Crippen molar-refractivity contribution in [2.45, 2.75) is 32.6 Å². The van der Waals surface area contributed by atoms with Crippen molar-refractivity contribution in [3.8, 4) is 0 Å². The van der Waals surface area contributed by atoms with E-state index in [1.54, 1.807) is 0 Å². The van der Waals surface area contributed by atoms with Gasteiger partial charge in [-0.15, -0.1) is 0 Å². The van der Waals surface area contributed by atoms with Crippen LogP contribution in [0.1, 0.15) is 32.6 Å².